The van der Waals surface area contributed by atoms with Gasteiger partial charge in [0.15, 0.2) is 0 Å². The molecule has 1 fully saturated rings. The maximum atomic E-state index is 14.4. The van der Waals surface area contributed by atoms with Gasteiger partial charge in [0.25, 0.3) is 5.56 Å². The van der Waals surface area contributed by atoms with Crippen molar-refractivity contribution >= 4 is 28.0 Å². The molecule has 0 aliphatic carbocycles. The Bertz CT molecular complexity index is 1710. The lowest BCUT2D eigenvalue weighted by Gasteiger charge is -2.29. The van der Waals surface area contributed by atoms with Gasteiger partial charge >= 0.3 is 0 Å². The van der Waals surface area contributed by atoms with Crippen molar-refractivity contribution in [2.75, 3.05) is 43.6 Å². The molecule has 1 aliphatic heterocycles. The molecule has 47 heavy (non-hydrogen) atoms. The van der Waals surface area contributed by atoms with E-state index in [-0.39, 0.29) is 23.8 Å². The van der Waals surface area contributed by atoms with Crippen LogP contribution in [0.4, 0.5) is 20.2 Å². The van der Waals surface area contributed by atoms with Crippen LogP contribution in [0.15, 0.2) is 53.3 Å². The number of hydrogen-bond donors (Lipinski definition) is 2. The summed E-state index contributed by atoms with van der Waals surface area (Å²) in [5.41, 5.74) is 5.10. The molecule has 2 heterocycles. The molecule has 4 aromatic rings. The van der Waals surface area contributed by atoms with Crippen LogP contribution >= 0.6 is 0 Å². The molecule has 0 unspecified atom stereocenters. The van der Waals surface area contributed by atoms with Gasteiger partial charge in [0.2, 0.25) is 0 Å². The zero-order valence-corrected chi connectivity index (χ0v) is 29.4. The highest BCUT2D eigenvalue weighted by Crippen LogP contribution is 2.33. The van der Waals surface area contributed by atoms with E-state index >= 15 is 0 Å². The van der Waals surface area contributed by atoms with Crippen molar-refractivity contribution in [1.29, 1.82) is 5.41 Å². The van der Waals surface area contributed by atoms with E-state index in [1.165, 1.54) is 18.6 Å². The summed E-state index contributed by atoms with van der Waals surface area (Å²) in [5.74, 6) is -1.24. The lowest BCUT2D eigenvalue weighted by molar-refractivity contribution is 0.122. The minimum Gasteiger partial charge on any atom is -0.386 e. The molecule has 0 amide bonds. The van der Waals surface area contributed by atoms with Crippen LogP contribution in [0.3, 0.4) is 0 Å². The number of benzene rings is 3. The topological polar surface area (TPSA) is 83.2 Å². The van der Waals surface area contributed by atoms with Crippen molar-refractivity contribution < 1.29 is 13.5 Å². The van der Waals surface area contributed by atoms with Crippen LogP contribution in [-0.2, 0) is 11.2 Å². The Kier molecular flexibility index (Phi) is 13.6. The van der Waals surface area contributed by atoms with Crippen molar-refractivity contribution in [2.24, 2.45) is 5.92 Å². The van der Waals surface area contributed by atoms with Crippen LogP contribution in [0, 0.1) is 29.9 Å². The van der Waals surface area contributed by atoms with Gasteiger partial charge in [-0.3, -0.25) is 9.36 Å². The summed E-state index contributed by atoms with van der Waals surface area (Å²) in [6.45, 7) is 18.8. The third kappa shape index (κ3) is 8.63. The predicted molar refractivity (Wildman–Crippen MR) is 192 cm³/mol. The Labute approximate surface area is 278 Å². The van der Waals surface area contributed by atoms with E-state index in [2.05, 4.69) is 24.1 Å². The van der Waals surface area contributed by atoms with Gasteiger partial charge in [-0.05, 0) is 66.8 Å². The molecule has 0 spiro atoms. The maximum absolute atomic E-state index is 14.4. The molecule has 7 nitrogen and oxygen atoms in total. The first-order valence-electron chi connectivity index (χ1n) is 16.7. The minimum atomic E-state index is -0.649. The lowest BCUT2D eigenvalue weighted by Crippen LogP contribution is -2.36. The van der Waals surface area contributed by atoms with Crippen molar-refractivity contribution in [2.45, 2.75) is 74.1 Å². The lowest BCUT2D eigenvalue weighted by atomic mass is 9.93. The first-order chi connectivity index (χ1) is 22.5. The fraction of sp³-hybridized carbons (Fsp3) is 0.447. The van der Waals surface area contributed by atoms with Crippen molar-refractivity contribution in [1.82, 2.24) is 9.55 Å². The Morgan fingerprint density at radius 2 is 1.62 bits per heavy atom. The van der Waals surface area contributed by atoms with Crippen LogP contribution < -0.4 is 15.8 Å². The van der Waals surface area contributed by atoms with Gasteiger partial charge in [-0.1, -0.05) is 61.0 Å². The van der Waals surface area contributed by atoms with E-state index in [4.69, 9.17) is 15.1 Å². The van der Waals surface area contributed by atoms with Gasteiger partial charge in [-0.2, -0.15) is 0 Å². The molecule has 0 radical (unpaired) electrons. The van der Waals surface area contributed by atoms with Gasteiger partial charge in [0.05, 0.1) is 35.5 Å². The Morgan fingerprint density at radius 3 is 2.19 bits per heavy atom. The van der Waals surface area contributed by atoms with Crippen LogP contribution in [0.2, 0.25) is 0 Å². The average molecular weight is 648 g/mol. The number of nitrogens with one attached hydrogen (secondary N) is 2. The monoisotopic (exact) mass is 647 g/mol. The van der Waals surface area contributed by atoms with Crippen LogP contribution in [0.5, 0.6) is 0 Å². The minimum absolute atomic E-state index is 0.0302. The third-order valence-corrected chi connectivity index (χ3v) is 7.89. The molecule has 3 aromatic carbocycles. The second-order valence-electron chi connectivity index (χ2n) is 12.0. The first-order valence-corrected chi connectivity index (χ1v) is 16.7. The van der Waals surface area contributed by atoms with Crippen molar-refractivity contribution in [3.63, 3.8) is 0 Å². The van der Waals surface area contributed by atoms with Gasteiger partial charge in [-0.15, -0.1) is 0 Å². The fourth-order valence-corrected chi connectivity index (χ4v) is 5.72. The largest absolute Gasteiger partial charge is 0.386 e. The van der Waals surface area contributed by atoms with E-state index in [1.54, 1.807) is 11.6 Å². The molecule has 5 rings (SSSR count). The molecule has 0 bridgehead atoms. The quantitative estimate of drug-likeness (QED) is 0.187. The van der Waals surface area contributed by atoms with Gasteiger partial charge in [0, 0.05) is 49.1 Å². The zero-order chi connectivity index (χ0) is 34.8. The number of anilines is 2. The number of nitrogens with zero attached hydrogens (tertiary/aromatic N) is 3. The summed E-state index contributed by atoms with van der Waals surface area (Å²) in [6, 6.07) is 12.9. The zero-order valence-electron chi connectivity index (χ0n) is 29.4. The highest BCUT2D eigenvalue weighted by Gasteiger charge is 2.24. The first kappa shape index (κ1) is 37.3. The summed E-state index contributed by atoms with van der Waals surface area (Å²) < 4.78 is 35.3. The third-order valence-electron chi connectivity index (χ3n) is 7.89. The second kappa shape index (κ2) is 17.2. The van der Waals surface area contributed by atoms with Crippen molar-refractivity contribution in [3.05, 3.63) is 93.0 Å². The van der Waals surface area contributed by atoms with E-state index in [1.807, 2.05) is 71.9 Å². The highest BCUT2D eigenvalue weighted by atomic mass is 19.1. The number of hydrogen-bond acceptors (Lipinski definition) is 6. The number of fused-ring (bicyclic) bond motifs is 1. The SMILES string of the molecule is CC.CCC.CNc1c(-n2c([C@@H](C)Cc3cc(F)cc(F)c3)nc3cc(N4CCOCC4)ccc3c2=O)ccc(C)c1C(=N)C(C)C. The molecule has 1 aromatic heterocycles. The molecule has 2 N–H and O–H groups in total. The highest BCUT2D eigenvalue weighted by molar-refractivity contribution is 6.07. The summed E-state index contributed by atoms with van der Waals surface area (Å²) >= 11 is 0. The number of morpholine rings is 1. The van der Waals surface area contributed by atoms with Crippen LogP contribution in [0.1, 0.15) is 83.3 Å². The average Bonchev–Trinajstić information content (AvgIpc) is 3.05. The van der Waals surface area contributed by atoms with Gasteiger partial charge in [0.1, 0.15) is 17.5 Å². The summed E-state index contributed by atoms with van der Waals surface area (Å²) in [6.07, 6.45) is 1.52. The predicted octanol–water partition coefficient (Wildman–Crippen LogP) is 8.66. The normalized spacial score (nSPS) is 13.4. The number of aryl methyl sites for hydroxylation is 1. The molecule has 1 aliphatic rings. The maximum Gasteiger partial charge on any atom is 0.266 e. The van der Waals surface area contributed by atoms with Crippen molar-refractivity contribution in [3.8, 4) is 5.69 Å². The number of halogens is 2. The van der Waals surface area contributed by atoms with E-state index in [9.17, 15) is 13.6 Å². The standard InChI is InChI=1S/C33H37F2N5O2.C3H8.C2H6/c1-19(2)30(36)29-20(3)6-9-28(31(29)37-5)40-32(21(4)14-22-15-23(34)17-24(35)16-22)38-27-18-25(7-8-26(27)33(40)41)39-10-12-42-13-11-39;1-3-2;1-2/h6-9,15-19,21,36-37H,10-14H2,1-5H3;3H2,1-2H3;1-2H3/t21-;;/m0../s1. The number of ether oxygens (including phenoxy) is 1. The van der Waals surface area contributed by atoms with E-state index in [0.717, 1.165) is 36.0 Å². The molecular weight excluding hydrogens is 596 g/mol. The molecule has 1 saturated heterocycles. The number of aromatic nitrogens is 2. The Morgan fingerprint density at radius 1 is 1.00 bits per heavy atom. The van der Waals surface area contributed by atoms with E-state index < -0.39 is 11.6 Å². The Balaban J connectivity index is 0.00000114. The molecule has 254 valence electrons. The summed E-state index contributed by atoms with van der Waals surface area (Å²) in [7, 11) is 1.78. The Hall–Kier alpha value is -4.11. The van der Waals surface area contributed by atoms with Gasteiger partial charge < -0.3 is 20.4 Å². The van der Waals surface area contributed by atoms with Gasteiger partial charge in [-0.25, -0.2) is 13.8 Å². The molecule has 0 saturated carbocycles. The molecular formula is C38H51F2N5O2. The smallest absolute Gasteiger partial charge is 0.266 e. The summed E-state index contributed by atoms with van der Waals surface area (Å²) in [4.78, 5) is 21.6. The molecule has 9 heteroatoms. The van der Waals surface area contributed by atoms with Crippen LogP contribution in [0.25, 0.3) is 16.6 Å². The second-order valence-corrected chi connectivity index (χ2v) is 12.0. The molecule has 1 atom stereocenters. The fourth-order valence-electron chi connectivity index (χ4n) is 5.72. The van der Waals surface area contributed by atoms with Crippen LogP contribution in [-0.4, -0.2) is 48.6 Å². The van der Waals surface area contributed by atoms with E-state index in [0.29, 0.717) is 52.6 Å². The number of rotatable bonds is 8. The summed E-state index contributed by atoms with van der Waals surface area (Å²) in [5, 5.41) is 12.5.